The van der Waals surface area contributed by atoms with Gasteiger partial charge < -0.3 is 0 Å². The molecule has 2 rings (SSSR count). The molecule has 2 aromatic carbocycles. The van der Waals surface area contributed by atoms with Gasteiger partial charge in [-0.05, 0) is 23.3 Å². The largest absolute Gasteiger partial charge is 0.269 e. The molecule has 5 heteroatoms. The van der Waals surface area contributed by atoms with Gasteiger partial charge in [-0.3, -0.25) is 10.1 Å². The van der Waals surface area contributed by atoms with E-state index in [1.54, 1.807) is 0 Å². The Morgan fingerprint density at radius 3 is 1.87 bits per heavy atom. The Hall–Kier alpha value is -3.18. The van der Waals surface area contributed by atoms with Crippen molar-refractivity contribution in [2.75, 3.05) is 0 Å². The summed E-state index contributed by atoms with van der Waals surface area (Å²) >= 11 is 0. The molecule has 0 saturated heterocycles. The van der Waals surface area contributed by atoms with E-state index >= 15 is 0 Å². The smallest absolute Gasteiger partial charge is 0.258 e. The summed E-state index contributed by atoms with van der Waals surface area (Å²) in [7, 11) is 0. The summed E-state index contributed by atoms with van der Waals surface area (Å²) < 4.78 is 0. The zero-order chi connectivity index (χ0) is 17.1. The Balaban J connectivity index is 2.63. The van der Waals surface area contributed by atoms with E-state index in [2.05, 4.69) is 12.1 Å². The number of nitrogens with zero attached hydrogens (tertiary/aromatic N) is 3. The van der Waals surface area contributed by atoms with Gasteiger partial charge in [0.25, 0.3) is 5.69 Å². The highest BCUT2D eigenvalue weighted by Gasteiger charge is 2.49. The molecular weight excluding hydrogens is 290 g/mol. The van der Waals surface area contributed by atoms with Crippen LogP contribution in [-0.2, 0) is 10.8 Å². The summed E-state index contributed by atoms with van der Waals surface area (Å²) in [6.45, 7) is 3.66. The second kappa shape index (κ2) is 5.90. The average molecular weight is 305 g/mol. The van der Waals surface area contributed by atoms with Crippen LogP contribution in [0.3, 0.4) is 0 Å². The van der Waals surface area contributed by atoms with Crippen LogP contribution < -0.4 is 0 Å². The number of hydrogen-bond acceptors (Lipinski definition) is 4. The molecule has 114 valence electrons. The highest BCUT2D eigenvalue weighted by Crippen LogP contribution is 2.43. The van der Waals surface area contributed by atoms with Crippen molar-refractivity contribution in [3.63, 3.8) is 0 Å². The van der Waals surface area contributed by atoms with Crippen LogP contribution in [0.2, 0.25) is 0 Å². The van der Waals surface area contributed by atoms with E-state index in [9.17, 15) is 20.6 Å². The fourth-order valence-electron chi connectivity index (χ4n) is 2.70. The van der Waals surface area contributed by atoms with E-state index in [0.29, 0.717) is 5.56 Å². The van der Waals surface area contributed by atoms with Crippen LogP contribution in [0, 0.1) is 32.8 Å². The topological polar surface area (TPSA) is 90.7 Å². The van der Waals surface area contributed by atoms with E-state index in [0.717, 1.165) is 5.56 Å². The Morgan fingerprint density at radius 2 is 1.43 bits per heavy atom. The molecule has 5 nitrogen and oxygen atoms in total. The quantitative estimate of drug-likeness (QED) is 0.633. The summed E-state index contributed by atoms with van der Waals surface area (Å²) in [4.78, 5) is 10.3. The summed E-state index contributed by atoms with van der Waals surface area (Å²) in [6.07, 6.45) is 0. The van der Waals surface area contributed by atoms with Crippen molar-refractivity contribution >= 4 is 5.69 Å². The van der Waals surface area contributed by atoms with Crippen LogP contribution in [0.4, 0.5) is 5.69 Å². The molecule has 0 radical (unpaired) electrons. The Morgan fingerprint density at radius 1 is 0.913 bits per heavy atom. The monoisotopic (exact) mass is 305 g/mol. The predicted molar refractivity (Wildman–Crippen MR) is 85.5 cm³/mol. The van der Waals surface area contributed by atoms with E-state index in [-0.39, 0.29) is 5.69 Å². The summed E-state index contributed by atoms with van der Waals surface area (Å²) in [5.41, 5.74) is -1.03. The minimum atomic E-state index is -1.45. The van der Waals surface area contributed by atoms with Crippen LogP contribution >= 0.6 is 0 Å². The fourth-order valence-corrected chi connectivity index (χ4v) is 2.70. The lowest BCUT2D eigenvalue weighted by atomic mass is 9.60. The van der Waals surface area contributed by atoms with E-state index < -0.39 is 15.8 Å². The first-order valence-corrected chi connectivity index (χ1v) is 7.02. The van der Waals surface area contributed by atoms with Crippen LogP contribution in [0.1, 0.15) is 25.0 Å². The molecule has 0 unspecified atom stereocenters. The van der Waals surface area contributed by atoms with Crippen LogP contribution in [0.25, 0.3) is 0 Å². The molecule has 0 bridgehead atoms. The molecule has 0 aromatic heterocycles. The molecule has 0 saturated carbocycles. The van der Waals surface area contributed by atoms with Gasteiger partial charge in [-0.2, -0.15) is 10.5 Å². The highest BCUT2D eigenvalue weighted by atomic mass is 16.6. The number of benzene rings is 2. The maximum Gasteiger partial charge on any atom is 0.269 e. The molecule has 0 aliphatic heterocycles. The average Bonchev–Trinajstić information content (AvgIpc) is 2.57. The maximum atomic E-state index is 10.8. The van der Waals surface area contributed by atoms with Crippen molar-refractivity contribution in [3.05, 3.63) is 75.8 Å². The van der Waals surface area contributed by atoms with Gasteiger partial charge in [0, 0.05) is 17.5 Å². The molecule has 0 N–H and O–H groups in total. The summed E-state index contributed by atoms with van der Waals surface area (Å²) in [6, 6.07) is 19.2. The molecule has 0 atom stereocenters. The van der Waals surface area contributed by atoms with Gasteiger partial charge in [0.1, 0.15) is 0 Å². The standard InChI is InChI=1S/C18H15N3O2/c1-17(2,14-6-4-3-5-7-14)18(12-19,13-20)15-8-10-16(11-9-15)21(22)23/h3-11H,1-2H3. The normalized spacial score (nSPS) is 11.3. The maximum absolute atomic E-state index is 10.8. The molecule has 0 amide bonds. The first kappa shape index (κ1) is 16.2. The number of nitriles is 2. The lowest BCUT2D eigenvalue weighted by molar-refractivity contribution is -0.384. The number of nitro benzene ring substituents is 1. The lowest BCUT2D eigenvalue weighted by Crippen LogP contribution is -2.43. The van der Waals surface area contributed by atoms with Gasteiger partial charge in [-0.1, -0.05) is 44.2 Å². The van der Waals surface area contributed by atoms with Crippen LogP contribution in [0.15, 0.2) is 54.6 Å². The fraction of sp³-hybridized carbons (Fsp3) is 0.222. The summed E-state index contributed by atoms with van der Waals surface area (Å²) in [5.74, 6) is 0. The first-order valence-electron chi connectivity index (χ1n) is 7.02. The minimum Gasteiger partial charge on any atom is -0.258 e. The van der Waals surface area contributed by atoms with E-state index in [1.807, 2.05) is 44.2 Å². The first-order chi connectivity index (χ1) is 10.9. The molecule has 2 aromatic rings. The van der Waals surface area contributed by atoms with Gasteiger partial charge in [0.15, 0.2) is 5.41 Å². The third kappa shape index (κ3) is 2.54. The van der Waals surface area contributed by atoms with Crippen molar-refractivity contribution in [3.8, 4) is 12.1 Å². The molecule has 0 fully saturated rings. The zero-order valence-corrected chi connectivity index (χ0v) is 12.9. The molecule has 23 heavy (non-hydrogen) atoms. The number of hydrogen-bond donors (Lipinski definition) is 0. The summed E-state index contributed by atoms with van der Waals surface area (Å²) in [5, 5.41) is 30.4. The Labute approximate surface area is 134 Å². The zero-order valence-electron chi connectivity index (χ0n) is 12.9. The number of non-ortho nitro benzene ring substituents is 1. The lowest BCUT2D eigenvalue weighted by Gasteiger charge is -2.37. The molecule has 0 aliphatic rings. The van der Waals surface area contributed by atoms with Gasteiger partial charge in [0.2, 0.25) is 0 Å². The van der Waals surface area contributed by atoms with Gasteiger partial charge in [-0.25, -0.2) is 0 Å². The molecular formula is C18H15N3O2. The van der Waals surface area contributed by atoms with Gasteiger partial charge >= 0.3 is 0 Å². The highest BCUT2D eigenvalue weighted by molar-refractivity contribution is 5.51. The van der Waals surface area contributed by atoms with Gasteiger partial charge in [-0.15, -0.1) is 0 Å². The molecule has 0 heterocycles. The van der Waals surface area contributed by atoms with Gasteiger partial charge in [0.05, 0.1) is 17.1 Å². The van der Waals surface area contributed by atoms with Crippen LogP contribution in [0.5, 0.6) is 0 Å². The SMILES string of the molecule is CC(C)(c1ccccc1)C(C#N)(C#N)c1ccc([N+](=O)[O-])cc1. The molecule has 0 aliphatic carbocycles. The van der Waals surface area contributed by atoms with Crippen molar-refractivity contribution < 1.29 is 4.92 Å². The Kier molecular flexibility index (Phi) is 4.16. The predicted octanol–water partition coefficient (Wildman–Crippen LogP) is 3.86. The Bertz CT molecular complexity index is 783. The third-order valence-electron chi connectivity index (χ3n) is 4.28. The number of rotatable bonds is 4. The van der Waals surface area contributed by atoms with Crippen molar-refractivity contribution in [1.82, 2.24) is 0 Å². The van der Waals surface area contributed by atoms with Crippen LogP contribution in [-0.4, -0.2) is 4.92 Å². The minimum absolute atomic E-state index is 0.0731. The number of nitro groups is 1. The third-order valence-corrected chi connectivity index (χ3v) is 4.28. The second-order valence-electron chi connectivity index (χ2n) is 5.77. The van der Waals surface area contributed by atoms with Crippen molar-refractivity contribution in [2.45, 2.75) is 24.7 Å². The molecule has 0 spiro atoms. The second-order valence-corrected chi connectivity index (χ2v) is 5.77. The van der Waals surface area contributed by atoms with Crippen molar-refractivity contribution in [2.24, 2.45) is 0 Å². The van der Waals surface area contributed by atoms with Crippen molar-refractivity contribution in [1.29, 1.82) is 10.5 Å². The van der Waals surface area contributed by atoms with E-state index in [1.165, 1.54) is 24.3 Å². The van der Waals surface area contributed by atoms with E-state index in [4.69, 9.17) is 0 Å².